The van der Waals surface area contributed by atoms with Gasteiger partial charge in [0, 0.05) is 13.1 Å². The van der Waals surface area contributed by atoms with Crippen LogP contribution in [0.3, 0.4) is 0 Å². The molecule has 0 heterocycles. The zero-order valence-corrected chi connectivity index (χ0v) is 10.4. The average Bonchev–Trinajstić information content (AvgIpc) is 2.27. The molecule has 5 heteroatoms. The van der Waals surface area contributed by atoms with E-state index >= 15 is 0 Å². The van der Waals surface area contributed by atoms with E-state index in [4.69, 9.17) is 5.73 Å². The van der Waals surface area contributed by atoms with Crippen LogP contribution in [0.25, 0.3) is 0 Å². The van der Waals surface area contributed by atoms with Gasteiger partial charge in [-0.3, -0.25) is 0 Å². The Balaban J connectivity index is 2.69. The zero-order valence-electron chi connectivity index (χ0n) is 9.60. The number of rotatable bonds is 5. The van der Waals surface area contributed by atoms with Crippen molar-refractivity contribution in [2.75, 3.05) is 6.54 Å². The Morgan fingerprint density at radius 1 is 1.38 bits per heavy atom. The van der Waals surface area contributed by atoms with Gasteiger partial charge in [-0.2, -0.15) is 0 Å². The molecule has 0 aromatic heterocycles. The first-order valence-corrected chi connectivity index (χ1v) is 6.75. The lowest BCUT2D eigenvalue weighted by atomic mass is 10.1. The first kappa shape index (κ1) is 13.2. The molecule has 0 saturated heterocycles. The van der Waals surface area contributed by atoms with Gasteiger partial charge in [-0.15, -0.1) is 0 Å². The van der Waals surface area contributed by atoms with E-state index in [-0.39, 0.29) is 6.54 Å². The Morgan fingerprint density at radius 2 is 2.00 bits per heavy atom. The molecule has 0 aliphatic heterocycles. The SMILES string of the molecule is Cc1ccccc1CNS(=O)(=O)C(C)CN. The number of benzene rings is 1. The summed E-state index contributed by atoms with van der Waals surface area (Å²) in [5.41, 5.74) is 7.39. The lowest BCUT2D eigenvalue weighted by Gasteiger charge is -2.12. The highest BCUT2D eigenvalue weighted by Crippen LogP contribution is 2.07. The summed E-state index contributed by atoms with van der Waals surface area (Å²) in [7, 11) is -3.30. The quantitative estimate of drug-likeness (QED) is 0.800. The van der Waals surface area contributed by atoms with Gasteiger partial charge in [0.1, 0.15) is 0 Å². The standard InChI is InChI=1S/C11H18N2O2S/c1-9-5-3-4-6-11(9)8-13-16(14,15)10(2)7-12/h3-6,10,13H,7-8,12H2,1-2H3. The first-order chi connectivity index (χ1) is 7.47. The summed E-state index contributed by atoms with van der Waals surface area (Å²) in [6, 6.07) is 7.68. The fourth-order valence-corrected chi connectivity index (χ4v) is 2.15. The second-order valence-electron chi connectivity index (χ2n) is 3.84. The molecule has 0 saturated carbocycles. The highest BCUT2D eigenvalue weighted by atomic mass is 32.2. The average molecular weight is 242 g/mol. The molecule has 1 aromatic carbocycles. The van der Waals surface area contributed by atoms with E-state index < -0.39 is 15.3 Å². The van der Waals surface area contributed by atoms with Crippen LogP contribution in [0.2, 0.25) is 0 Å². The van der Waals surface area contributed by atoms with Crippen molar-refractivity contribution >= 4 is 10.0 Å². The topological polar surface area (TPSA) is 72.2 Å². The molecule has 0 amide bonds. The summed E-state index contributed by atoms with van der Waals surface area (Å²) >= 11 is 0. The molecular formula is C11H18N2O2S. The Hall–Kier alpha value is -0.910. The van der Waals surface area contributed by atoms with E-state index in [2.05, 4.69) is 4.72 Å². The summed E-state index contributed by atoms with van der Waals surface area (Å²) in [4.78, 5) is 0. The highest BCUT2D eigenvalue weighted by molar-refractivity contribution is 7.90. The van der Waals surface area contributed by atoms with Gasteiger partial charge in [0.25, 0.3) is 0 Å². The van der Waals surface area contributed by atoms with Crippen molar-refractivity contribution in [3.8, 4) is 0 Å². The fraction of sp³-hybridized carbons (Fsp3) is 0.455. The molecule has 1 atom stereocenters. The van der Waals surface area contributed by atoms with Gasteiger partial charge in [-0.25, -0.2) is 13.1 Å². The van der Waals surface area contributed by atoms with Crippen molar-refractivity contribution in [1.29, 1.82) is 0 Å². The molecular weight excluding hydrogens is 224 g/mol. The molecule has 4 nitrogen and oxygen atoms in total. The van der Waals surface area contributed by atoms with Crippen molar-refractivity contribution in [2.45, 2.75) is 25.6 Å². The maximum Gasteiger partial charge on any atom is 0.215 e. The summed E-state index contributed by atoms with van der Waals surface area (Å²) in [6.45, 7) is 4.00. The van der Waals surface area contributed by atoms with Gasteiger partial charge in [-0.1, -0.05) is 24.3 Å². The Morgan fingerprint density at radius 3 is 2.56 bits per heavy atom. The summed E-state index contributed by atoms with van der Waals surface area (Å²) in [5.74, 6) is 0. The smallest absolute Gasteiger partial charge is 0.215 e. The predicted molar refractivity (Wildman–Crippen MR) is 65.5 cm³/mol. The van der Waals surface area contributed by atoms with Crippen molar-refractivity contribution < 1.29 is 8.42 Å². The number of nitrogens with two attached hydrogens (primary N) is 1. The van der Waals surface area contributed by atoms with Gasteiger partial charge >= 0.3 is 0 Å². The summed E-state index contributed by atoms with van der Waals surface area (Å²) < 4.78 is 25.9. The second-order valence-corrected chi connectivity index (χ2v) is 6.02. The van der Waals surface area contributed by atoms with Crippen LogP contribution in [0.4, 0.5) is 0 Å². The molecule has 1 rings (SSSR count). The zero-order chi connectivity index (χ0) is 12.2. The van der Waals surface area contributed by atoms with E-state index in [0.29, 0.717) is 6.54 Å². The van der Waals surface area contributed by atoms with Crippen LogP contribution < -0.4 is 10.5 Å². The first-order valence-electron chi connectivity index (χ1n) is 5.20. The molecule has 1 unspecified atom stereocenters. The highest BCUT2D eigenvalue weighted by Gasteiger charge is 2.18. The molecule has 1 aromatic rings. The van der Waals surface area contributed by atoms with E-state index in [1.807, 2.05) is 31.2 Å². The van der Waals surface area contributed by atoms with Crippen molar-refractivity contribution in [1.82, 2.24) is 4.72 Å². The number of aryl methyl sites for hydroxylation is 1. The Kier molecular flexibility index (Phi) is 4.46. The minimum absolute atomic E-state index is 0.128. The van der Waals surface area contributed by atoms with E-state index in [0.717, 1.165) is 11.1 Å². The predicted octanol–water partition coefficient (Wildman–Crippen LogP) is 0.762. The molecule has 0 aliphatic carbocycles. The number of hydrogen-bond donors (Lipinski definition) is 2. The van der Waals surface area contributed by atoms with Gasteiger partial charge < -0.3 is 5.73 Å². The lowest BCUT2D eigenvalue weighted by molar-refractivity contribution is 0.568. The molecule has 0 spiro atoms. The van der Waals surface area contributed by atoms with Crippen molar-refractivity contribution in [3.05, 3.63) is 35.4 Å². The third kappa shape index (κ3) is 3.30. The van der Waals surface area contributed by atoms with Crippen LogP contribution in [0.15, 0.2) is 24.3 Å². The summed E-state index contributed by atoms with van der Waals surface area (Å²) in [6.07, 6.45) is 0. The monoisotopic (exact) mass is 242 g/mol. The van der Waals surface area contributed by atoms with Gasteiger partial charge in [0.2, 0.25) is 10.0 Å². The maximum absolute atomic E-state index is 11.7. The molecule has 0 aliphatic rings. The van der Waals surface area contributed by atoms with Crippen LogP contribution >= 0.6 is 0 Å². The van der Waals surface area contributed by atoms with Crippen LogP contribution in [0.1, 0.15) is 18.1 Å². The summed E-state index contributed by atoms with van der Waals surface area (Å²) in [5, 5.41) is -0.559. The molecule has 0 bridgehead atoms. The van der Waals surface area contributed by atoms with Gasteiger partial charge in [-0.05, 0) is 25.0 Å². The van der Waals surface area contributed by atoms with Gasteiger partial charge in [0.05, 0.1) is 5.25 Å². The van der Waals surface area contributed by atoms with Crippen LogP contribution in [-0.2, 0) is 16.6 Å². The lowest BCUT2D eigenvalue weighted by Crippen LogP contribution is -2.36. The Labute approximate surface area is 96.9 Å². The molecule has 3 N–H and O–H groups in total. The third-order valence-corrected chi connectivity index (χ3v) is 4.39. The van der Waals surface area contributed by atoms with Crippen molar-refractivity contribution in [3.63, 3.8) is 0 Å². The number of sulfonamides is 1. The van der Waals surface area contributed by atoms with Crippen molar-refractivity contribution in [2.24, 2.45) is 5.73 Å². The fourth-order valence-electron chi connectivity index (χ4n) is 1.26. The maximum atomic E-state index is 11.7. The Bertz CT molecular complexity index is 443. The van der Waals surface area contributed by atoms with Crippen LogP contribution in [0, 0.1) is 6.92 Å². The van der Waals surface area contributed by atoms with E-state index in [1.54, 1.807) is 6.92 Å². The molecule has 0 fully saturated rings. The second kappa shape index (κ2) is 5.43. The number of hydrogen-bond acceptors (Lipinski definition) is 3. The molecule has 0 radical (unpaired) electrons. The van der Waals surface area contributed by atoms with Crippen LogP contribution in [0.5, 0.6) is 0 Å². The van der Waals surface area contributed by atoms with Crippen LogP contribution in [-0.4, -0.2) is 20.2 Å². The molecule has 16 heavy (non-hydrogen) atoms. The minimum Gasteiger partial charge on any atom is -0.329 e. The number of nitrogens with one attached hydrogen (secondary N) is 1. The largest absolute Gasteiger partial charge is 0.329 e. The van der Waals surface area contributed by atoms with E-state index in [9.17, 15) is 8.42 Å². The third-order valence-electron chi connectivity index (χ3n) is 2.59. The van der Waals surface area contributed by atoms with E-state index in [1.165, 1.54) is 0 Å². The minimum atomic E-state index is -3.30. The normalized spacial score (nSPS) is 13.7. The molecule has 90 valence electrons. The van der Waals surface area contributed by atoms with Gasteiger partial charge in [0.15, 0.2) is 0 Å².